The number of carbonyl (C=O) groups excluding carboxylic acids is 1. The summed E-state index contributed by atoms with van der Waals surface area (Å²) in [7, 11) is 4.04. The zero-order valence-corrected chi connectivity index (χ0v) is 22.2. The summed E-state index contributed by atoms with van der Waals surface area (Å²) in [5.41, 5.74) is 0. The largest absolute Gasteiger partial charge is 0.463 e. The summed E-state index contributed by atoms with van der Waals surface area (Å²) in [4.78, 5) is 13.2. The molecule has 0 aliphatic rings. The van der Waals surface area contributed by atoms with Crippen LogP contribution in [-0.2, 0) is 47.4 Å². The molecule has 0 aromatic rings. The van der Waals surface area contributed by atoms with Gasteiger partial charge in [0.15, 0.2) is 0 Å². The molecule has 35 heavy (non-hydrogen) atoms. The van der Waals surface area contributed by atoms with Crippen LogP contribution in [0, 0.1) is 0 Å². The van der Waals surface area contributed by atoms with E-state index in [1.165, 1.54) is 0 Å². The molecule has 210 valence electrons. The lowest BCUT2D eigenvalue weighted by atomic mass is 10.3. The molecule has 0 spiro atoms. The predicted molar refractivity (Wildman–Crippen MR) is 131 cm³/mol. The minimum Gasteiger partial charge on any atom is -0.463 e. The third-order valence-corrected chi connectivity index (χ3v) is 4.23. The summed E-state index contributed by atoms with van der Waals surface area (Å²) < 4.78 is 48.3. The highest BCUT2D eigenvalue weighted by Crippen LogP contribution is 1.91. The van der Waals surface area contributed by atoms with Crippen LogP contribution in [0.1, 0.15) is 19.8 Å². The first-order chi connectivity index (χ1) is 17.2. The molecular weight excluding hydrogens is 462 g/mol. The van der Waals surface area contributed by atoms with Gasteiger partial charge < -0.3 is 47.5 Å². The lowest BCUT2D eigenvalue weighted by Crippen LogP contribution is -2.19. The van der Waals surface area contributed by atoms with E-state index in [0.717, 1.165) is 19.6 Å². The van der Waals surface area contributed by atoms with Crippen LogP contribution < -0.4 is 0 Å². The Balaban J connectivity index is 3.05. The molecule has 0 saturated heterocycles. The van der Waals surface area contributed by atoms with E-state index in [0.29, 0.717) is 106 Å². The lowest BCUT2D eigenvalue weighted by Gasteiger charge is -2.10. The summed E-state index contributed by atoms with van der Waals surface area (Å²) in [5.74, 6) is -0.183. The van der Waals surface area contributed by atoms with Crippen molar-refractivity contribution in [2.24, 2.45) is 0 Å². The maximum absolute atomic E-state index is 11.1. The Morgan fingerprint density at radius 2 is 0.771 bits per heavy atom. The van der Waals surface area contributed by atoms with Crippen molar-refractivity contribution in [3.8, 4) is 0 Å². The van der Waals surface area contributed by atoms with Gasteiger partial charge in [0.2, 0.25) is 0 Å². The van der Waals surface area contributed by atoms with E-state index in [1.807, 2.05) is 21.0 Å². The van der Waals surface area contributed by atoms with E-state index in [9.17, 15) is 4.79 Å². The number of carbonyl (C=O) groups is 1. The Kier molecular flexibility index (Phi) is 28.6. The molecular formula is C24H49NO10. The number of likely N-dealkylation sites (N-methyl/N-ethyl adjacent to an activating group) is 1. The zero-order chi connectivity index (χ0) is 25.7. The standard InChI is InChI=1S/C24H49NO10/c1-4-5-24(26)35-23-22-34-21-20-33-19-18-32-17-16-31-15-14-30-13-12-29-11-10-28-9-8-27-7-6-25(2)3/h4-23H2,1-3H3. The second kappa shape index (κ2) is 29.3. The van der Waals surface area contributed by atoms with Crippen molar-refractivity contribution in [2.75, 3.05) is 133 Å². The third-order valence-electron chi connectivity index (χ3n) is 4.23. The highest BCUT2D eigenvalue weighted by molar-refractivity contribution is 5.69. The minimum absolute atomic E-state index is 0.183. The van der Waals surface area contributed by atoms with Crippen molar-refractivity contribution < 1.29 is 47.4 Å². The second-order valence-electron chi connectivity index (χ2n) is 7.67. The fourth-order valence-corrected chi connectivity index (χ4v) is 2.38. The molecule has 0 aliphatic heterocycles. The Bertz CT molecular complexity index is 429. The Morgan fingerprint density at radius 1 is 0.486 bits per heavy atom. The van der Waals surface area contributed by atoms with Gasteiger partial charge in [-0.05, 0) is 20.5 Å². The average Bonchev–Trinajstić information content (AvgIpc) is 2.83. The van der Waals surface area contributed by atoms with Gasteiger partial charge in [-0.2, -0.15) is 0 Å². The van der Waals surface area contributed by atoms with Gasteiger partial charge in [0.1, 0.15) is 6.61 Å². The fraction of sp³-hybridized carbons (Fsp3) is 0.958. The summed E-state index contributed by atoms with van der Waals surface area (Å²) in [5, 5.41) is 0. The molecule has 0 bridgehead atoms. The van der Waals surface area contributed by atoms with Crippen molar-refractivity contribution in [1.82, 2.24) is 4.90 Å². The molecule has 0 rings (SSSR count). The van der Waals surface area contributed by atoms with E-state index in [1.54, 1.807) is 0 Å². The van der Waals surface area contributed by atoms with Crippen LogP contribution in [0.3, 0.4) is 0 Å². The molecule has 0 aromatic carbocycles. The first kappa shape index (κ1) is 34.1. The van der Waals surface area contributed by atoms with Crippen LogP contribution in [0.2, 0.25) is 0 Å². The number of nitrogens with zero attached hydrogens (tertiary/aromatic N) is 1. The van der Waals surface area contributed by atoms with Crippen molar-refractivity contribution in [1.29, 1.82) is 0 Å². The van der Waals surface area contributed by atoms with Gasteiger partial charge in [-0.15, -0.1) is 0 Å². The molecule has 0 heterocycles. The predicted octanol–water partition coefficient (Wildman–Crippen LogP) is 1.02. The van der Waals surface area contributed by atoms with Gasteiger partial charge in [-0.25, -0.2) is 0 Å². The van der Waals surface area contributed by atoms with Crippen LogP contribution in [0.25, 0.3) is 0 Å². The molecule has 0 atom stereocenters. The molecule has 0 aromatic heterocycles. The molecule has 0 unspecified atom stereocenters. The van der Waals surface area contributed by atoms with Gasteiger partial charge in [-0.1, -0.05) is 6.92 Å². The van der Waals surface area contributed by atoms with Crippen molar-refractivity contribution in [2.45, 2.75) is 19.8 Å². The lowest BCUT2D eigenvalue weighted by molar-refractivity contribution is -0.145. The van der Waals surface area contributed by atoms with Gasteiger partial charge in [0.05, 0.1) is 106 Å². The van der Waals surface area contributed by atoms with Gasteiger partial charge in [0, 0.05) is 13.0 Å². The Labute approximate surface area is 211 Å². The molecule has 0 radical (unpaired) electrons. The number of ether oxygens (including phenoxy) is 9. The average molecular weight is 512 g/mol. The Morgan fingerprint density at radius 3 is 1.06 bits per heavy atom. The maximum atomic E-state index is 11.1. The number of rotatable bonds is 29. The fourth-order valence-electron chi connectivity index (χ4n) is 2.38. The number of hydrogen-bond donors (Lipinski definition) is 0. The highest BCUT2D eigenvalue weighted by Gasteiger charge is 2.00. The smallest absolute Gasteiger partial charge is 0.305 e. The molecule has 0 N–H and O–H groups in total. The van der Waals surface area contributed by atoms with E-state index < -0.39 is 0 Å². The first-order valence-corrected chi connectivity index (χ1v) is 12.6. The SMILES string of the molecule is CCCC(=O)OCCOCCOCCOCCOCCOCCOCCOCCOCCN(C)C. The maximum Gasteiger partial charge on any atom is 0.305 e. The molecule has 11 nitrogen and oxygen atoms in total. The van der Waals surface area contributed by atoms with Crippen LogP contribution >= 0.6 is 0 Å². The van der Waals surface area contributed by atoms with Crippen LogP contribution in [0.5, 0.6) is 0 Å². The van der Waals surface area contributed by atoms with Crippen LogP contribution in [0.4, 0.5) is 0 Å². The Hall–Kier alpha value is -0.890. The molecule has 11 heteroatoms. The number of esters is 1. The van der Waals surface area contributed by atoms with E-state index in [2.05, 4.69) is 4.90 Å². The topological polar surface area (TPSA) is 103 Å². The third kappa shape index (κ3) is 31.1. The summed E-state index contributed by atoms with van der Waals surface area (Å²) in [6.45, 7) is 11.5. The summed E-state index contributed by atoms with van der Waals surface area (Å²) in [6.07, 6.45) is 1.24. The van der Waals surface area contributed by atoms with Crippen molar-refractivity contribution in [3.05, 3.63) is 0 Å². The van der Waals surface area contributed by atoms with E-state index in [-0.39, 0.29) is 12.6 Å². The molecule has 0 fully saturated rings. The highest BCUT2D eigenvalue weighted by atomic mass is 16.6. The van der Waals surface area contributed by atoms with E-state index >= 15 is 0 Å². The van der Waals surface area contributed by atoms with E-state index in [4.69, 9.17) is 42.6 Å². The van der Waals surface area contributed by atoms with Crippen LogP contribution in [0.15, 0.2) is 0 Å². The second-order valence-corrected chi connectivity index (χ2v) is 7.67. The first-order valence-electron chi connectivity index (χ1n) is 12.6. The summed E-state index contributed by atoms with van der Waals surface area (Å²) >= 11 is 0. The molecule has 0 amide bonds. The van der Waals surface area contributed by atoms with Crippen molar-refractivity contribution in [3.63, 3.8) is 0 Å². The normalized spacial score (nSPS) is 11.4. The quantitative estimate of drug-likeness (QED) is 0.106. The van der Waals surface area contributed by atoms with Gasteiger partial charge in [0.25, 0.3) is 0 Å². The summed E-state index contributed by atoms with van der Waals surface area (Å²) in [6, 6.07) is 0. The molecule has 0 saturated carbocycles. The van der Waals surface area contributed by atoms with Gasteiger partial charge >= 0.3 is 5.97 Å². The zero-order valence-electron chi connectivity index (χ0n) is 22.2. The monoisotopic (exact) mass is 511 g/mol. The number of hydrogen-bond acceptors (Lipinski definition) is 11. The molecule has 0 aliphatic carbocycles. The van der Waals surface area contributed by atoms with Crippen LogP contribution in [-0.4, -0.2) is 144 Å². The van der Waals surface area contributed by atoms with Gasteiger partial charge in [-0.3, -0.25) is 4.79 Å². The van der Waals surface area contributed by atoms with Crippen molar-refractivity contribution >= 4 is 5.97 Å². The minimum atomic E-state index is -0.183.